The first kappa shape index (κ1) is 109. The zero-order valence-electron chi connectivity index (χ0n) is 90.3. The minimum absolute atomic E-state index is 0.0610. The summed E-state index contributed by atoms with van der Waals surface area (Å²) in [5.74, 6) is 22.5. The molecule has 730 valence electrons. The van der Waals surface area contributed by atoms with Gasteiger partial charge in [-0.2, -0.15) is 0 Å². The summed E-state index contributed by atoms with van der Waals surface area (Å²) in [6.07, 6.45) is 29.5. The van der Waals surface area contributed by atoms with Gasteiger partial charge >= 0.3 is 913 Å². The van der Waals surface area contributed by atoms with Gasteiger partial charge in [-0.1, -0.05) is 0 Å². The van der Waals surface area contributed by atoms with Crippen molar-refractivity contribution in [1.82, 2.24) is 0 Å². The summed E-state index contributed by atoms with van der Waals surface area (Å²) in [6, 6.07) is 93.4. The quantitative estimate of drug-likeness (QED) is 0.0351. The molecular formula is C132H161ClGe4Hf2OTi. The predicted molar refractivity (Wildman–Crippen MR) is 618 cm³/mol. The predicted octanol–water partition coefficient (Wildman–Crippen LogP) is 40.8. The molecule has 11 aromatic carbocycles. The molecule has 0 fully saturated rings. The molecular weight excluding hydrogens is 2330 g/mol. The van der Waals surface area contributed by atoms with Gasteiger partial charge in [-0.05, 0) is 0 Å². The van der Waals surface area contributed by atoms with Gasteiger partial charge in [0.1, 0.15) is 0 Å². The van der Waals surface area contributed by atoms with E-state index in [9.17, 15) is 0 Å². The number of ether oxygens (including phenoxy) is 1. The van der Waals surface area contributed by atoms with Crippen molar-refractivity contribution >= 4 is 99.1 Å². The van der Waals surface area contributed by atoms with Crippen LogP contribution < -0.4 is 4.74 Å². The summed E-state index contributed by atoms with van der Waals surface area (Å²) in [6.45, 7) is 33.0. The maximum absolute atomic E-state index is 6.65. The molecule has 141 heavy (non-hydrogen) atoms. The molecule has 0 spiro atoms. The summed E-state index contributed by atoms with van der Waals surface area (Å²) in [5, 5.41) is 12.1. The zero-order chi connectivity index (χ0) is 101. The van der Waals surface area contributed by atoms with E-state index in [0.717, 1.165) is 29.8 Å². The molecule has 0 saturated heterocycles. The summed E-state index contributed by atoms with van der Waals surface area (Å²) >= 11 is -1.39. The van der Waals surface area contributed by atoms with Gasteiger partial charge in [0.15, 0.2) is 0 Å². The molecule has 0 aliphatic heterocycles. The van der Waals surface area contributed by atoms with Crippen LogP contribution in [0.2, 0.25) is 86.3 Å². The van der Waals surface area contributed by atoms with Crippen molar-refractivity contribution in [2.24, 2.45) is 5.41 Å². The monoisotopic (exact) mass is 2500 g/mol. The van der Waals surface area contributed by atoms with Crippen LogP contribution >= 0.6 is 11.6 Å². The standard InChI is InChI=1S/2C34H50Ge2.C20H14ClO.2C16H13.C10H15.2CH3.2Hf.Ti/c2*1-25-27(3)33(31-21-15-13-19-29(25)31)35(5,6)23-17-11-9-10-12-18-24-36(7,8)34-28(4)26(2)30-20-14-16-22-32(30)34;1-22-19-10-9-16(13-5-3-2-4-6-13)18-12-14-11-15(21)7-8-17(14)20(18)19;2*1-12-10-14-8-5-9-15(16(14)11-12)13-6-3-2-4-7-13;1-8-5-6-9(7-8)10(2,3)4;;;;;/h2*13-16,19-22,33-34H,9-12,17-18,23-24H2,1-8H3;2-12H,1H3;2*2-11H,1H3;5-7H,1-4H3;2*1H3;;;. The van der Waals surface area contributed by atoms with E-state index >= 15 is 0 Å². The Morgan fingerprint density at radius 3 is 0.972 bits per heavy atom. The summed E-state index contributed by atoms with van der Waals surface area (Å²) in [4.78, 5) is 0. The summed E-state index contributed by atoms with van der Waals surface area (Å²) in [5.41, 5.74) is 49.5. The summed E-state index contributed by atoms with van der Waals surface area (Å²) in [7, 11) is 1.78. The number of fused-ring (bicyclic) bond motifs is 9. The molecule has 19 rings (SSSR count). The molecule has 0 heterocycles. The van der Waals surface area contributed by atoms with E-state index in [1.807, 2.05) is 6.07 Å². The van der Waals surface area contributed by atoms with Crippen molar-refractivity contribution in [1.29, 1.82) is 0 Å². The molecule has 8 unspecified atom stereocenters. The van der Waals surface area contributed by atoms with E-state index in [2.05, 4.69) is 433 Å². The Morgan fingerprint density at radius 1 is 0.348 bits per heavy atom. The number of rotatable bonds is 28. The Bertz CT molecular complexity index is 6160. The molecule has 0 aromatic heterocycles. The first-order valence-electron chi connectivity index (χ1n) is 53.3. The van der Waals surface area contributed by atoms with E-state index in [1.54, 1.807) is 73.9 Å². The Morgan fingerprint density at radius 2 is 0.645 bits per heavy atom. The molecule has 11 aromatic rings. The normalized spacial score (nSPS) is 19.6. The average Bonchev–Trinajstić information content (AvgIpc) is 1.54. The number of unbranched alkanes of at least 4 members (excludes halogenated alkanes) is 10. The van der Waals surface area contributed by atoms with Gasteiger partial charge in [0.2, 0.25) is 0 Å². The molecule has 0 bridgehead atoms. The number of benzene rings is 11. The van der Waals surface area contributed by atoms with Crippen molar-refractivity contribution in [3.05, 3.63) is 395 Å². The van der Waals surface area contributed by atoms with Crippen LogP contribution in [0.4, 0.5) is 0 Å². The number of halogens is 1. The summed E-state index contributed by atoms with van der Waals surface area (Å²) < 4.78 is 10.9. The molecule has 8 atom stereocenters. The van der Waals surface area contributed by atoms with Crippen LogP contribution in [0.15, 0.2) is 312 Å². The van der Waals surface area contributed by atoms with Gasteiger partial charge in [-0.3, -0.25) is 0 Å². The van der Waals surface area contributed by atoms with Crippen LogP contribution in [-0.2, 0) is 65.3 Å². The molecule has 0 amide bonds. The molecule has 9 heteroatoms. The zero-order valence-corrected chi connectivity index (χ0v) is 108. The van der Waals surface area contributed by atoms with Crippen LogP contribution in [0.3, 0.4) is 0 Å². The van der Waals surface area contributed by atoms with E-state index in [1.165, 1.54) is 264 Å². The Labute approximate surface area is 902 Å². The fraction of sp³-hybridized carbons (Fsp3) is 0.379. The fourth-order valence-corrected chi connectivity index (χ4v) is 67.5. The second-order valence-corrected chi connectivity index (χ2v) is 102. The Hall–Kier alpha value is -5.94. The van der Waals surface area contributed by atoms with Crippen LogP contribution in [-0.4, -0.2) is 60.2 Å². The molecule has 0 N–H and O–H groups in total. The van der Waals surface area contributed by atoms with Gasteiger partial charge in [0, 0.05) is 0 Å². The third-order valence-electron chi connectivity index (χ3n) is 34.9. The van der Waals surface area contributed by atoms with Crippen LogP contribution in [0.1, 0.15) is 282 Å². The van der Waals surface area contributed by atoms with Gasteiger partial charge in [0.25, 0.3) is 0 Å². The molecule has 0 saturated carbocycles. The van der Waals surface area contributed by atoms with Crippen molar-refractivity contribution in [3.63, 3.8) is 0 Å². The van der Waals surface area contributed by atoms with Gasteiger partial charge in [-0.15, -0.1) is 0 Å². The molecule has 1 nitrogen and oxygen atoms in total. The van der Waals surface area contributed by atoms with Gasteiger partial charge in [0.05, 0.1) is 0 Å². The minimum atomic E-state index is -2.76. The van der Waals surface area contributed by atoms with Gasteiger partial charge in [-0.25, -0.2) is 0 Å². The van der Waals surface area contributed by atoms with Crippen LogP contribution in [0, 0.1) is 5.41 Å². The van der Waals surface area contributed by atoms with Crippen molar-refractivity contribution in [3.8, 4) is 50.3 Å². The molecule has 0 radical (unpaired) electrons. The number of methoxy groups -OCH3 is 1. The SMILES string of the molecule is CC1=C(C)[CH]([Ge]([CH3])([CH3])[CH2]CCCCCC[CH2][Ge]([CH3])([CH3])[CH]2C(C)=C(C)c3ccccc32)c2ccccc21.CC1=C(C)[CH]([Ge]([CH3])([CH3])[CH2]CCCCCC[CH2][Ge]([CH3])([CH3])[CH]2C(C)=C(C)c3ccccc32)c2ccccc21.CC1=Cc2c(-c3ccccc3)cccc2[CH]1[Hf].CC1=Cc2c(-c3ccccc3)cccc2[CH]1[Hf].COc1ccc(-c2ccccc2)c2c1-c1ccc(Cl)cc1[CH]2[Ti]([CH3])([CH3])[C]1(C)C=CC(C(C)(C)C)=C1. The number of hydrogen-bond donors (Lipinski definition) is 0. The van der Waals surface area contributed by atoms with Gasteiger partial charge < -0.3 is 0 Å². The topological polar surface area (TPSA) is 9.23 Å². The molecule has 8 aliphatic carbocycles. The van der Waals surface area contributed by atoms with Crippen molar-refractivity contribution in [2.75, 3.05) is 7.11 Å². The average molecular weight is 2490 g/mol. The number of allylic oxidation sites excluding steroid dienone is 14. The Balaban J connectivity index is 0.000000137. The number of hydrogen-bond acceptors (Lipinski definition) is 1. The van der Waals surface area contributed by atoms with E-state index in [0.29, 0.717) is 11.6 Å². The maximum atomic E-state index is 6.65. The third kappa shape index (κ3) is 23.4. The Kier molecular flexibility index (Phi) is 36.0. The first-order valence-corrected chi connectivity index (χ1v) is 90.2. The third-order valence-corrected chi connectivity index (χ3v) is 81.8. The van der Waals surface area contributed by atoms with E-state index in [4.69, 9.17) is 16.3 Å². The van der Waals surface area contributed by atoms with Crippen molar-refractivity contribution in [2.45, 2.75) is 286 Å². The van der Waals surface area contributed by atoms with Crippen molar-refractivity contribution < 1.29 is 70.1 Å². The second-order valence-electron chi connectivity index (χ2n) is 47.3. The first-order chi connectivity index (χ1) is 67.1. The van der Waals surface area contributed by atoms with Crippen LogP contribution in [0.25, 0.3) is 79.0 Å². The molecule has 8 aliphatic rings. The van der Waals surface area contributed by atoms with E-state index < -0.39 is 69.7 Å². The fourth-order valence-electron chi connectivity index (χ4n) is 26.2. The second kappa shape index (κ2) is 46.4. The van der Waals surface area contributed by atoms with E-state index in [-0.39, 0.29) is 9.13 Å². The van der Waals surface area contributed by atoms with Crippen LogP contribution in [0.5, 0.6) is 5.75 Å².